The fourth-order valence-electron chi connectivity index (χ4n) is 3.39. The lowest BCUT2D eigenvalue weighted by molar-refractivity contribution is -0.136. The quantitative estimate of drug-likeness (QED) is 0.231. The first-order chi connectivity index (χ1) is 16.9. The van der Waals surface area contributed by atoms with E-state index in [0.29, 0.717) is 16.9 Å². The van der Waals surface area contributed by atoms with Gasteiger partial charge in [-0.3, -0.25) is 4.79 Å². The van der Waals surface area contributed by atoms with Crippen LogP contribution in [0.2, 0.25) is 0 Å². The highest BCUT2D eigenvalue weighted by atomic mass is 16.6. The maximum atomic E-state index is 12.7. The molecule has 0 spiro atoms. The largest absolute Gasteiger partial charge is 0.497 e. The van der Waals surface area contributed by atoms with Gasteiger partial charge >= 0.3 is 11.6 Å². The number of carbonyl (C=O) groups is 2. The zero-order valence-electron chi connectivity index (χ0n) is 19.1. The molecule has 1 amide bonds. The molecule has 0 radical (unpaired) electrons. The van der Waals surface area contributed by atoms with Crippen LogP contribution < -0.4 is 25.2 Å². The summed E-state index contributed by atoms with van der Waals surface area (Å²) in [4.78, 5) is 37.3. The third kappa shape index (κ3) is 5.86. The predicted molar refractivity (Wildman–Crippen MR) is 129 cm³/mol. The first-order valence-corrected chi connectivity index (χ1v) is 10.8. The van der Waals surface area contributed by atoms with Crippen LogP contribution in [0.4, 0.5) is 0 Å². The van der Waals surface area contributed by atoms with Gasteiger partial charge in [0.05, 0.1) is 13.2 Å². The first kappa shape index (κ1) is 23.6. The van der Waals surface area contributed by atoms with Crippen molar-refractivity contribution >= 4 is 22.8 Å². The average molecular weight is 473 g/mol. The first-order valence-electron chi connectivity index (χ1n) is 10.8. The van der Waals surface area contributed by atoms with Crippen LogP contribution in [0, 0.1) is 0 Å². The lowest BCUT2D eigenvalue weighted by Crippen LogP contribution is -2.30. The van der Waals surface area contributed by atoms with Crippen LogP contribution in [-0.4, -0.2) is 25.6 Å². The highest BCUT2D eigenvalue weighted by Gasteiger charge is 2.17. The molecule has 0 aliphatic heterocycles. The Bertz CT molecular complexity index is 1390. The fourth-order valence-corrected chi connectivity index (χ4v) is 3.39. The molecule has 0 bridgehead atoms. The molecule has 0 aliphatic carbocycles. The summed E-state index contributed by atoms with van der Waals surface area (Å²) in [6, 6.07) is 21.9. The SMILES string of the molecule is COc1ccc(OCC(=O)Oc2ccc3cc(C(=O)NC(C)c4ccccc4)c(=O)oc3c2)cc1. The van der Waals surface area contributed by atoms with Gasteiger partial charge in [-0.1, -0.05) is 30.3 Å². The third-order valence-electron chi connectivity index (χ3n) is 5.25. The van der Waals surface area contributed by atoms with Gasteiger partial charge in [-0.2, -0.15) is 0 Å². The number of benzene rings is 3. The number of rotatable bonds is 8. The van der Waals surface area contributed by atoms with Crippen molar-refractivity contribution in [1.29, 1.82) is 0 Å². The Balaban J connectivity index is 1.41. The molecule has 3 aromatic carbocycles. The van der Waals surface area contributed by atoms with Crippen molar-refractivity contribution in [2.75, 3.05) is 13.7 Å². The molecule has 0 saturated carbocycles. The van der Waals surface area contributed by atoms with Crippen LogP contribution in [0.1, 0.15) is 28.9 Å². The van der Waals surface area contributed by atoms with Crippen molar-refractivity contribution in [1.82, 2.24) is 5.32 Å². The Labute approximate surface area is 201 Å². The number of esters is 1. The molecule has 4 aromatic rings. The summed E-state index contributed by atoms with van der Waals surface area (Å²) in [6.07, 6.45) is 0. The minimum Gasteiger partial charge on any atom is -0.497 e. The monoisotopic (exact) mass is 473 g/mol. The second-order valence-corrected chi connectivity index (χ2v) is 7.69. The number of hydrogen-bond donors (Lipinski definition) is 1. The molecule has 4 rings (SSSR count). The minimum atomic E-state index is -0.790. The zero-order chi connectivity index (χ0) is 24.8. The molecule has 8 heteroatoms. The van der Waals surface area contributed by atoms with Gasteiger partial charge in [0.25, 0.3) is 5.91 Å². The van der Waals surface area contributed by atoms with Gasteiger partial charge in [-0.05, 0) is 55.0 Å². The van der Waals surface area contributed by atoms with E-state index in [2.05, 4.69) is 5.32 Å². The van der Waals surface area contributed by atoms with E-state index < -0.39 is 17.5 Å². The van der Waals surface area contributed by atoms with Crippen LogP contribution >= 0.6 is 0 Å². The van der Waals surface area contributed by atoms with Gasteiger partial charge in [-0.15, -0.1) is 0 Å². The smallest absolute Gasteiger partial charge is 0.349 e. The summed E-state index contributed by atoms with van der Waals surface area (Å²) >= 11 is 0. The van der Waals surface area contributed by atoms with E-state index in [4.69, 9.17) is 18.6 Å². The molecule has 0 aliphatic rings. The predicted octanol–water partition coefficient (Wildman–Crippen LogP) is 4.28. The van der Waals surface area contributed by atoms with Gasteiger partial charge in [0, 0.05) is 11.5 Å². The Kier molecular flexibility index (Phi) is 7.11. The van der Waals surface area contributed by atoms with Crippen molar-refractivity contribution in [2.24, 2.45) is 0 Å². The Morgan fingerprint density at radius 3 is 2.31 bits per heavy atom. The van der Waals surface area contributed by atoms with Crippen LogP contribution in [0.15, 0.2) is 88.1 Å². The summed E-state index contributed by atoms with van der Waals surface area (Å²) in [7, 11) is 1.56. The molecule has 1 N–H and O–H groups in total. The molecule has 1 unspecified atom stereocenters. The van der Waals surface area contributed by atoms with Crippen LogP contribution in [0.25, 0.3) is 11.0 Å². The summed E-state index contributed by atoms with van der Waals surface area (Å²) in [5.74, 6) is 0.166. The normalized spacial score (nSPS) is 11.5. The van der Waals surface area contributed by atoms with Crippen molar-refractivity contribution in [2.45, 2.75) is 13.0 Å². The lowest BCUT2D eigenvalue weighted by Gasteiger charge is -2.14. The number of amides is 1. The molecule has 8 nitrogen and oxygen atoms in total. The molecule has 0 fully saturated rings. The molecular formula is C27H23NO7. The maximum Gasteiger partial charge on any atom is 0.349 e. The highest BCUT2D eigenvalue weighted by molar-refractivity contribution is 5.97. The third-order valence-corrected chi connectivity index (χ3v) is 5.25. The van der Waals surface area contributed by atoms with Gasteiger partial charge < -0.3 is 23.9 Å². The van der Waals surface area contributed by atoms with E-state index in [1.807, 2.05) is 37.3 Å². The van der Waals surface area contributed by atoms with Gasteiger partial charge in [0.2, 0.25) is 0 Å². The van der Waals surface area contributed by atoms with Crippen molar-refractivity contribution < 1.29 is 28.2 Å². The summed E-state index contributed by atoms with van der Waals surface area (Å²) in [5.41, 5.74) is 0.192. The average Bonchev–Trinajstić information content (AvgIpc) is 2.87. The van der Waals surface area contributed by atoms with Gasteiger partial charge in [0.1, 0.15) is 28.4 Å². The number of hydrogen-bond acceptors (Lipinski definition) is 7. The minimum absolute atomic E-state index is 0.113. The summed E-state index contributed by atoms with van der Waals surface area (Å²) < 4.78 is 21.1. The molecule has 0 saturated heterocycles. The molecule has 35 heavy (non-hydrogen) atoms. The molecule has 1 aromatic heterocycles. The van der Waals surface area contributed by atoms with Crippen LogP contribution in [0.3, 0.4) is 0 Å². The van der Waals surface area contributed by atoms with Gasteiger partial charge in [0.15, 0.2) is 6.61 Å². The van der Waals surface area contributed by atoms with E-state index in [0.717, 1.165) is 5.56 Å². The second kappa shape index (κ2) is 10.6. The van der Waals surface area contributed by atoms with Crippen molar-refractivity contribution in [3.05, 3.63) is 100 Å². The number of nitrogens with one attached hydrogen (secondary N) is 1. The van der Waals surface area contributed by atoms with Gasteiger partial charge in [-0.25, -0.2) is 9.59 Å². The standard InChI is InChI=1S/C27H23NO7/c1-17(18-6-4-3-5-7-18)28-26(30)23-14-19-8-9-22(15-24(19)35-27(23)31)34-25(29)16-33-21-12-10-20(32-2)11-13-21/h3-15,17H,16H2,1-2H3,(H,28,30). The van der Waals surface area contributed by atoms with E-state index in [1.54, 1.807) is 43.5 Å². The molecule has 178 valence electrons. The number of ether oxygens (including phenoxy) is 3. The van der Waals surface area contributed by atoms with Crippen LogP contribution in [-0.2, 0) is 4.79 Å². The number of fused-ring (bicyclic) bond motifs is 1. The topological polar surface area (TPSA) is 104 Å². The number of carbonyl (C=O) groups excluding carboxylic acids is 2. The Hall–Kier alpha value is -4.59. The Morgan fingerprint density at radius 2 is 1.60 bits per heavy atom. The summed E-state index contributed by atoms with van der Waals surface area (Å²) in [6.45, 7) is 1.52. The van der Waals surface area contributed by atoms with E-state index in [1.165, 1.54) is 12.1 Å². The molecule has 1 heterocycles. The second-order valence-electron chi connectivity index (χ2n) is 7.69. The highest BCUT2D eigenvalue weighted by Crippen LogP contribution is 2.22. The van der Waals surface area contributed by atoms with Crippen LogP contribution in [0.5, 0.6) is 17.2 Å². The lowest BCUT2D eigenvalue weighted by atomic mass is 10.1. The van der Waals surface area contributed by atoms with Crippen molar-refractivity contribution in [3.8, 4) is 17.2 Å². The molecular weight excluding hydrogens is 450 g/mol. The van der Waals surface area contributed by atoms with E-state index in [9.17, 15) is 14.4 Å². The number of methoxy groups -OCH3 is 1. The van der Waals surface area contributed by atoms with E-state index in [-0.39, 0.29) is 29.5 Å². The molecule has 1 atom stereocenters. The zero-order valence-corrected chi connectivity index (χ0v) is 19.1. The van der Waals surface area contributed by atoms with Crippen molar-refractivity contribution in [3.63, 3.8) is 0 Å². The maximum absolute atomic E-state index is 12.7. The Morgan fingerprint density at radius 1 is 0.914 bits per heavy atom. The van der Waals surface area contributed by atoms with E-state index >= 15 is 0 Å². The fraction of sp³-hybridized carbons (Fsp3) is 0.148. The summed E-state index contributed by atoms with van der Waals surface area (Å²) in [5, 5.41) is 3.31.